The summed E-state index contributed by atoms with van der Waals surface area (Å²) in [5.41, 5.74) is 8.19. The van der Waals surface area contributed by atoms with Gasteiger partial charge in [-0.25, -0.2) is 0 Å². The van der Waals surface area contributed by atoms with Crippen LogP contribution in [-0.4, -0.2) is 5.43 Å². The molecule has 154 valence electrons. The van der Waals surface area contributed by atoms with Gasteiger partial charge in [0.25, 0.3) is 0 Å². The largest absolute Gasteiger partial charge is 0.196 e. The van der Waals surface area contributed by atoms with Crippen LogP contribution in [0.25, 0.3) is 21.9 Å². The Morgan fingerprint density at radius 2 is 1.33 bits per heavy atom. The van der Waals surface area contributed by atoms with E-state index in [4.69, 9.17) is 23.2 Å². The number of benzene rings is 2. The van der Waals surface area contributed by atoms with Crippen LogP contribution in [0.15, 0.2) is 60.7 Å². The average Bonchev–Trinajstić information content (AvgIpc) is 3.18. The van der Waals surface area contributed by atoms with Crippen LogP contribution in [0.5, 0.6) is 0 Å². The van der Waals surface area contributed by atoms with Crippen LogP contribution in [0.3, 0.4) is 0 Å². The van der Waals surface area contributed by atoms with Gasteiger partial charge in [0, 0.05) is 10.0 Å². The zero-order valence-electron chi connectivity index (χ0n) is 18.5. The number of aryl methyl sites for hydroxylation is 2. The fourth-order valence-corrected chi connectivity index (χ4v) is 3.77. The molecule has 4 heteroatoms. The molecule has 0 N–H and O–H groups in total. The molecular weight excluding hydrogens is 503 g/mol. The molecule has 0 bridgehead atoms. The van der Waals surface area contributed by atoms with E-state index in [0.29, 0.717) is 10.0 Å². The molecule has 4 aromatic rings. The van der Waals surface area contributed by atoms with Crippen molar-refractivity contribution in [2.75, 3.05) is 0 Å². The Labute approximate surface area is 206 Å². The summed E-state index contributed by atoms with van der Waals surface area (Å²) in [5.74, 6) is 0. The van der Waals surface area contributed by atoms with Crippen LogP contribution in [0, 0.1) is 27.7 Å². The van der Waals surface area contributed by atoms with Gasteiger partial charge in [-0.2, -0.15) is 28.3 Å². The predicted octanol–water partition coefficient (Wildman–Crippen LogP) is 8.96. The van der Waals surface area contributed by atoms with Crippen molar-refractivity contribution in [1.29, 1.82) is 0 Å². The molecule has 0 atom stereocenters. The SMILES string of the molecule is C[Si](C)=[Zr+2].Cc1[cH-]c(C)c(C)c1C.Clc1cc(Cl)cc(-c2c[cH-]c3ccccc23)c1. The summed E-state index contributed by atoms with van der Waals surface area (Å²) in [4.78, 5) is 0. The summed E-state index contributed by atoms with van der Waals surface area (Å²) in [7, 11) is 0. The fourth-order valence-electron chi connectivity index (χ4n) is 3.24. The maximum atomic E-state index is 6.03. The molecule has 0 heterocycles. The Bertz CT molecular complexity index is 1100. The summed E-state index contributed by atoms with van der Waals surface area (Å²) in [6.45, 7) is 13.3. The first kappa shape index (κ1) is 25.3. The topological polar surface area (TPSA) is 0 Å². The zero-order valence-corrected chi connectivity index (χ0v) is 23.5. The average molecular weight is 531 g/mol. The number of rotatable bonds is 1. The van der Waals surface area contributed by atoms with E-state index in [1.165, 1.54) is 38.6 Å². The molecule has 0 fully saturated rings. The molecule has 0 aliphatic heterocycles. The second kappa shape index (κ2) is 11.6. The van der Waals surface area contributed by atoms with E-state index < -0.39 is 0 Å². The van der Waals surface area contributed by atoms with E-state index in [9.17, 15) is 0 Å². The van der Waals surface area contributed by atoms with Crippen molar-refractivity contribution < 1.29 is 23.3 Å². The van der Waals surface area contributed by atoms with Crippen molar-refractivity contribution in [3.8, 4) is 11.1 Å². The standard InChI is InChI=1S/C15H9Cl2.C9H13.C2H6Si.Zr/c16-12-7-11(8-13(17)9-12)15-6-5-10-3-1-2-4-14(10)15;1-6-5-7(2)9(4)8(6)3;1-3-2;/h1-9H;5H,1-4H3;1-2H3;/q2*-1;;+2. The van der Waals surface area contributed by atoms with Gasteiger partial charge in [0.15, 0.2) is 0 Å². The minimum atomic E-state index is 0.210. The molecule has 0 unspecified atom stereocenters. The van der Waals surface area contributed by atoms with Crippen molar-refractivity contribution >= 4 is 39.4 Å². The molecule has 0 saturated heterocycles. The monoisotopic (exact) mass is 528 g/mol. The fraction of sp³-hybridized carbons (Fsp3) is 0.231. The van der Waals surface area contributed by atoms with Gasteiger partial charge in [0.2, 0.25) is 0 Å². The molecule has 0 spiro atoms. The number of fused-ring (bicyclic) bond motifs is 1. The summed E-state index contributed by atoms with van der Waals surface area (Å²) in [5, 5.41) is 3.79. The maximum Gasteiger partial charge on any atom is 0.0418 e. The molecule has 0 aliphatic carbocycles. The second-order valence-electron chi connectivity index (χ2n) is 7.75. The Hall–Kier alpha value is -0.920. The van der Waals surface area contributed by atoms with Gasteiger partial charge < -0.3 is 0 Å². The second-order valence-corrected chi connectivity index (χ2v) is 18.0. The molecule has 30 heavy (non-hydrogen) atoms. The van der Waals surface area contributed by atoms with Crippen LogP contribution in [-0.2, 0) is 23.3 Å². The molecule has 0 amide bonds. The Kier molecular flexibility index (Phi) is 9.82. The zero-order chi connectivity index (χ0) is 22.4. The van der Waals surface area contributed by atoms with Gasteiger partial charge in [-0.05, 0) is 18.2 Å². The van der Waals surface area contributed by atoms with Crippen LogP contribution < -0.4 is 0 Å². The maximum absolute atomic E-state index is 6.03. The van der Waals surface area contributed by atoms with Crippen molar-refractivity contribution in [2.45, 2.75) is 40.8 Å². The molecular formula is C26H28Cl2SiZr. The van der Waals surface area contributed by atoms with Crippen LogP contribution in [0.4, 0.5) is 0 Å². The minimum Gasteiger partial charge on any atom is -0.196 e. The van der Waals surface area contributed by atoms with Crippen molar-refractivity contribution in [1.82, 2.24) is 0 Å². The third-order valence-electron chi connectivity index (χ3n) is 5.03. The molecule has 0 aliphatic rings. The molecule has 0 nitrogen and oxygen atoms in total. The normalized spacial score (nSPS) is 10.2. The Balaban J connectivity index is 0.000000207. The van der Waals surface area contributed by atoms with Gasteiger partial charge in [-0.1, -0.05) is 62.5 Å². The van der Waals surface area contributed by atoms with Crippen molar-refractivity contribution in [3.63, 3.8) is 0 Å². The molecule has 4 rings (SSSR count). The number of hydrogen-bond donors (Lipinski definition) is 0. The molecule has 4 aromatic carbocycles. The van der Waals surface area contributed by atoms with E-state index in [-0.39, 0.29) is 5.43 Å². The van der Waals surface area contributed by atoms with Gasteiger partial charge >= 0.3 is 41.9 Å². The first-order chi connectivity index (χ1) is 14.1. The summed E-state index contributed by atoms with van der Waals surface area (Å²) in [6.07, 6.45) is 0. The van der Waals surface area contributed by atoms with E-state index in [1.807, 2.05) is 24.3 Å². The summed E-state index contributed by atoms with van der Waals surface area (Å²) < 4.78 is 0. The van der Waals surface area contributed by atoms with Crippen LogP contribution >= 0.6 is 23.2 Å². The van der Waals surface area contributed by atoms with E-state index in [1.54, 1.807) is 29.4 Å². The van der Waals surface area contributed by atoms with E-state index >= 15 is 0 Å². The predicted molar refractivity (Wildman–Crippen MR) is 133 cm³/mol. The van der Waals surface area contributed by atoms with E-state index in [2.05, 4.69) is 71.1 Å². The van der Waals surface area contributed by atoms with Crippen molar-refractivity contribution in [2.24, 2.45) is 0 Å². The summed E-state index contributed by atoms with van der Waals surface area (Å²) >= 11 is 13.8. The van der Waals surface area contributed by atoms with E-state index in [0.717, 1.165) is 5.56 Å². The Morgan fingerprint density at radius 1 is 0.833 bits per heavy atom. The first-order valence-electron chi connectivity index (χ1n) is 9.93. The molecule has 0 aromatic heterocycles. The van der Waals surface area contributed by atoms with Crippen LogP contribution in [0.2, 0.25) is 23.1 Å². The van der Waals surface area contributed by atoms with Gasteiger partial charge in [-0.15, -0.1) is 46.7 Å². The van der Waals surface area contributed by atoms with Crippen molar-refractivity contribution in [3.05, 3.63) is 93.0 Å². The third-order valence-corrected chi connectivity index (χ3v) is 5.47. The molecule has 0 saturated carbocycles. The molecule has 0 radical (unpaired) electrons. The Morgan fingerprint density at radius 3 is 1.80 bits per heavy atom. The minimum absolute atomic E-state index is 0.210. The summed E-state index contributed by atoms with van der Waals surface area (Å²) in [6, 6.07) is 20.4. The first-order valence-corrected chi connectivity index (χ1v) is 16.9. The number of halogens is 2. The number of hydrogen-bond acceptors (Lipinski definition) is 0. The van der Waals surface area contributed by atoms with Crippen LogP contribution in [0.1, 0.15) is 22.3 Å². The van der Waals surface area contributed by atoms with Gasteiger partial charge in [-0.3, -0.25) is 0 Å². The van der Waals surface area contributed by atoms with Gasteiger partial charge in [0.05, 0.1) is 0 Å². The third kappa shape index (κ3) is 7.06. The van der Waals surface area contributed by atoms with Gasteiger partial charge in [0.1, 0.15) is 0 Å². The quantitative estimate of drug-likeness (QED) is 0.170. The smallest absolute Gasteiger partial charge is 0.0418 e.